The first-order valence-corrected chi connectivity index (χ1v) is 15.3. The second kappa shape index (κ2) is 15.9. The first-order valence-electron chi connectivity index (χ1n) is 11.0. The van der Waals surface area contributed by atoms with Crippen molar-refractivity contribution in [2.45, 2.75) is 23.6 Å². The van der Waals surface area contributed by atoms with Gasteiger partial charge in [0, 0.05) is 14.1 Å². The van der Waals surface area contributed by atoms with Crippen LogP contribution in [-0.2, 0) is 30.7 Å². The van der Waals surface area contributed by atoms with Crippen LogP contribution in [0.25, 0.3) is 0 Å². The van der Waals surface area contributed by atoms with E-state index in [1.165, 1.54) is 24.3 Å². The maximum Gasteiger partial charge on any atom is 0.429 e. The van der Waals surface area contributed by atoms with Crippen molar-refractivity contribution in [1.29, 1.82) is 10.5 Å². The minimum Gasteiger partial charge on any atom is -0.480 e. The lowest BCUT2D eigenvalue weighted by Crippen LogP contribution is -2.25. The van der Waals surface area contributed by atoms with Crippen LogP contribution < -0.4 is 19.9 Å². The SMILES string of the molecule is CCc1c(C#N)c(S[C@@H](C(=O)NP(=O)(O)O)c2ccc(OS(C)(=O)=O)cc2)nc(N(C)C)c1C#N.NCC(=O)O.O. The molecular formula is C22H29N6O10PS2. The summed E-state index contributed by atoms with van der Waals surface area (Å²) in [5, 5.41) is 27.4. The number of rotatable bonds is 10. The number of carbonyl (C=O) groups is 2. The molecule has 0 aliphatic heterocycles. The van der Waals surface area contributed by atoms with Gasteiger partial charge in [-0.1, -0.05) is 30.8 Å². The van der Waals surface area contributed by atoms with E-state index >= 15 is 0 Å². The molecule has 2 rings (SSSR count). The lowest BCUT2D eigenvalue weighted by atomic mass is 10.0. The van der Waals surface area contributed by atoms with E-state index in [9.17, 15) is 42.9 Å². The number of hydrogen-bond donors (Lipinski definition) is 5. The van der Waals surface area contributed by atoms with E-state index in [-0.39, 0.29) is 45.3 Å². The highest BCUT2D eigenvalue weighted by Crippen LogP contribution is 2.41. The van der Waals surface area contributed by atoms with Crippen LogP contribution in [0.2, 0.25) is 0 Å². The Hall–Kier alpha value is -3.74. The monoisotopic (exact) mass is 632 g/mol. The van der Waals surface area contributed by atoms with Crippen LogP contribution >= 0.6 is 19.5 Å². The third-order valence-electron chi connectivity index (χ3n) is 4.58. The van der Waals surface area contributed by atoms with Crippen molar-refractivity contribution in [3.63, 3.8) is 0 Å². The molecule has 1 heterocycles. The quantitative estimate of drug-likeness (QED) is 0.131. The normalized spacial score (nSPS) is 11.3. The second-order valence-electron chi connectivity index (χ2n) is 7.91. The largest absolute Gasteiger partial charge is 0.480 e. The van der Waals surface area contributed by atoms with Gasteiger partial charge in [-0.15, -0.1) is 0 Å². The Balaban J connectivity index is 0.00000244. The maximum absolute atomic E-state index is 12.8. The molecule has 0 spiro atoms. The van der Waals surface area contributed by atoms with Gasteiger partial charge >= 0.3 is 23.8 Å². The summed E-state index contributed by atoms with van der Waals surface area (Å²) in [6, 6.07) is 9.30. The molecule has 8 N–H and O–H groups in total. The zero-order valence-electron chi connectivity index (χ0n) is 22.2. The number of amides is 1. The minimum absolute atomic E-state index is 0. The predicted octanol–water partition coefficient (Wildman–Crippen LogP) is 0.0391. The summed E-state index contributed by atoms with van der Waals surface area (Å²) in [5.41, 5.74) is 5.48. The zero-order chi connectivity index (χ0) is 30.8. The van der Waals surface area contributed by atoms with Gasteiger partial charge in [0.25, 0.3) is 0 Å². The molecule has 1 amide bonds. The number of carbonyl (C=O) groups excluding carboxylic acids is 1. The third kappa shape index (κ3) is 11.7. The standard InChI is InChI=1S/C20H22N5O7PS2.C2H5NO2.H2O/c1-5-14-15(10-21)18(25(2)3)23-20(16(14)11-22)34-17(19(26)24-33(27,28)29)12-6-8-13(9-7-12)32-35(4,30)31;3-1-2(4)5;/h6-9,17H,5H2,1-4H3,(H3,24,26,27,28,29);1,3H2,(H,4,5);1H2/t17-;;/m1../s1. The fraction of sp³-hybridized carbons (Fsp3) is 0.318. The molecular weight excluding hydrogens is 603 g/mol. The molecule has 0 fully saturated rings. The van der Waals surface area contributed by atoms with Crippen molar-refractivity contribution < 1.29 is 47.1 Å². The van der Waals surface area contributed by atoms with Gasteiger partial charge in [-0.2, -0.15) is 18.9 Å². The molecule has 0 saturated heterocycles. The molecule has 0 bridgehead atoms. The number of nitrogens with one attached hydrogen (secondary N) is 1. The fourth-order valence-electron chi connectivity index (χ4n) is 3.05. The van der Waals surface area contributed by atoms with E-state index in [0.717, 1.165) is 18.0 Å². The molecule has 1 atom stereocenters. The minimum atomic E-state index is -4.96. The lowest BCUT2D eigenvalue weighted by molar-refractivity contribution is -0.135. The number of aliphatic carboxylic acids is 1. The van der Waals surface area contributed by atoms with Gasteiger partial charge in [0.2, 0.25) is 5.91 Å². The van der Waals surface area contributed by atoms with E-state index in [1.54, 1.807) is 31.0 Å². The number of carboxylic acid groups (broad SMARTS) is 1. The Kier molecular flexibility index (Phi) is 14.4. The molecule has 19 heteroatoms. The van der Waals surface area contributed by atoms with Crippen LogP contribution in [0.15, 0.2) is 29.3 Å². The third-order valence-corrected chi connectivity index (χ3v) is 6.83. The molecule has 41 heavy (non-hydrogen) atoms. The molecule has 1 aromatic heterocycles. The number of pyridine rings is 1. The second-order valence-corrected chi connectivity index (χ2v) is 11.9. The summed E-state index contributed by atoms with van der Waals surface area (Å²) >= 11 is 0.757. The molecule has 0 aliphatic carbocycles. The summed E-state index contributed by atoms with van der Waals surface area (Å²) in [6.07, 6.45) is 1.18. The molecule has 16 nitrogen and oxygen atoms in total. The Bertz CT molecular complexity index is 1480. The highest BCUT2D eigenvalue weighted by Gasteiger charge is 2.30. The Morgan fingerprint density at radius 3 is 2.07 bits per heavy atom. The number of nitrogens with two attached hydrogens (primary N) is 1. The van der Waals surface area contributed by atoms with E-state index in [2.05, 4.69) is 16.8 Å². The predicted molar refractivity (Wildman–Crippen MR) is 148 cm³/mol. The van der Waals surface area contributed by atoms with Gasteiger partial charge in [0.1, 0.15) is 34.0 Å². The average Bonchev–Trinajstić information content (AvgIpc) is 2.84. The topological polar surface area (TPSA) is 289 Å². The van der Waals surface area contributed by atoms with Crippen LogP contribution in [0, 0.1) is 22.7 Å². The maximum atomic E-state index is 12.8. The van der Waals surface area contributed by atoms with Crippen LogP contribution in [-0.4, -0.2) is 72.5 Å². The number of thioether (sulfide) groups is 1. The van der Waals surface area contributed by atoms with Gasteiger partial charge < -0.3 is 35.2 Å². The number of nitrogens with zero attached hydrogens (tertiary/aromatic N) is 4. The Labute approximate surface area is 240 Å². The summed E-state index contributed by atoms with van der Waals surface area (Å²) in [6.45, 7) is 1.48. The van der Waals surface area contributed by atoms with Crippen molar-refractivity contribution in [1.82, 2.24) is 10.1 Å². The van der Waals surface area contributed by atoms with Crippen LogP contribution in [0.4, 0.5) is 5.82 Å². The van der Waals surface area contributed by atoms with Crippen LogP contribution in [0.3, 0.4) is 0 Å². The lowest BCUT2D eigenvalue weighted by Gasteiger charge is -2.21. The van der Waals surface area contributed by atoms with Crippen molar-refractivity contribution >= 4 is 47.3 Å². The molecule has 0 radical (unpaired) electrons. The Morgan fingerprint density at radius 1 is 1.20 bits per heavy atom. The van der Waals surface area contributed by atoms with Crippen molar-refractivity contribution in [2.75, 3.05) is 31.8 Å². The van der Waals surface area contributed by atoms with E-state index < -0.39 is 35.0 Å². The molecule has 0 saturated carbocycles. The average molecular weight is 633 g/mol. The van der Waals surface area contributed by atoms with Gasteiger partial charge in [0.15, 0.2) is 0 Å². The van der Waals surface area contributed by atoms with Crippen molar-refractivity contribution in [3.05, 3.63) is 46.5 Å². The van der Waals surface area contributed by atoms with Crippen LogP contribution in [0.5, 0.6) is 5.75 Å². The highest BCUT2D eigenvalue weighted by atomic mass is 32.2. The van der Waals surface area contributed by atoms with E-state index in [0.29, 0.717) is 12.0 Å². The highest BCUT2D eigenvalue weighted by molar-refractivity contribution is 8.00. The number of hydrogen-bond acceptors (Lipinski definition) is 12. The molecule has 0 aliphatic rings. The summed E-state index contributed by atoms with van der Waals surface area (Å²) in [7, 11) is -5.46. The van der Waals surface area contributed by atoms with E-state index in [1.807, 2.05) is 6.07 Å². The molecule has 224 valence electrons. The molecule has 0 unspecified atom stereocenters. The van der Waals surface area contributed by atoms with Crippen LogP contribution in [0.1, 0.15) is 34.4 Å². The number of anilines is 1. The van der Waals surface area contributed by atoms with E-state index in [4.69, 9.17) is 9.29 Å². The van der Waals surface area contributed by atoms with Gasteiger partial charge in [0.05, 0.1) is 23.9 Å². The summed E-state index contributed by atoms with van der Waals surface area (Å²) in [5.74, 6) is -1.81. The summed E-state index contributed by atoms with van der Waals surface area (Å²) < 4.78 is 38.9. The first-order chi connectivity index (χ1) is 18.5. The van der Waals surface area contributed by atoms with Gasteiger partial charge in [-0.05, 0) is 29.7 Å². The summed E-state index contributed by atoms with van der Waals surface area (Å²) in [4.78, 5) is 46.6. The first kappa shape index (κ1) is 37.3. The molecule has 1 aromatic carbocycles. The zero-order valence-corrected chi connectivity index (χ0v) is 24.7. The van der Waals surface area contributed by atoms with Crippen molar-refractivity contribution in [3.8, 4) is 17.9 Å². The Morgan fingerprint density at radius 2 is 1.71 bits per heavy atom. The van der Waals surface area contributed by atoms with Gasteiger partial charge in [-0.25, -0.2) is 9.55 Å². The number of benzene rings is 1. The number of carboxylic acids is 1. The number of aromatic nitrogens is 1. The van der Waals surface area contributed by atoms with Crippen molar-refractivity contribution in [2.24, 2.45) is 5.73 Å². The molecule has 2 aromatic rings. The smallest absolute Gasteiger partial charge is 0.429 e. The fourth-order valence-corrected chi connectivity index (χ4v) is 5.12. The number of nitriles is 2. The van der Waals surface area contributed by atoms with Gasteiger partial charge in [-0.3, -0.25) is 14.7 Å².